The minimum absolute atomic E-state index is 0.205. The highest BCUT2D eigenvalue weighted by Crippen LogP contribution is 2.27. The van der Waals surface area contributed by atoms with Crippen molar-refractivity contribution in [1.29, 1.82) is 0 Å². The number of rotatable bonds is 8. The zero-order valence-electron chi connectivity index (χ0n) is 16.3. The summed E-state index contributed by atoms with van der Waals surface area (Å²) in [5, 5.41) is 0. The largest absolute Gasteiger partial charge is 0.344 e. The predicted octanol–water partition coefficient (Wildman–Crippen LogP) is 2.42. The van der Waals surface area contributed by atoms with Crippen LogP contribution in [0.25, 0.3) is 0 Å². The Morgan fingerprint density at radius 2 is 1.81 bits per heavy atom. The molecule has 6 nitrogen and oxygen atoms in total. The Kier molecular flexibility index (Phi) is 6.96. The van der Waals surface area contributed by atoms with Gasteiger partial charge < -0.3 is 4.90 Å². The van der Waals surface area contributed by atoms with Crippen LogP contribution < -0.4 is 4.31 Å². The molecule has 1 aromatic carbocycles. The van der Waals surface area contributed by atoms with Crippen molar-refractivity contribution in [1.82, 2.24) is 9.88 Å². The van der Waals surface area contributed by atoms with Crippen LogP contribution in [0.4, 0.5) is 5.69 Å². The van der Waals surface area contributed by atoms with E-state index in [0.29, 0.717) is 25.1 Å². The van der Waals surface area contributed by atoms with Crippen molar-refractivity contribution in [2.45, 2.75) is 26.7 Å². The van der Waals surface area contributed by atoms with Crippen molar-refractivity contribution in [3.63, 3.8) is 0 Å². The number of carbonyl (C=O) groups excluding carboxylic acids is 1. The third-order valence-electron chi connectivity index (χ3n) is 4.54. The van der Waals surface area contributed by atoms with Gasteiger partial charge >= 0.3 is 0 Å². The van der Waals surface area contributed by atoms with Gasteiger partial charge in [-0.1, -0.05) is 25.1 Å². The number of nitrogens with zero attached hydrogens (tertiary/aromatic N) is 3. The van der Waals surface area contributed by atoms with Gasteiger partial charge in [0.25, 0.3) is 0 Å². The molecule has 0 unspecified atom stereocenters. The summed E-state index contributed by atoms with van der Waals surface area (Å²) in [4.78, 5) is 18.3. The number of benzene rings is 1. The van der Waals surface area contributed by atoms with Crippen molar-refractivity contribution < 1.29 is 13.2 Å². The average Bonchev–Trinajstić information content (AvgIpc) is 2.64. The second kappa shape index (κ2) is 8.99. The first-order valence-corrected chi connectivity index (χ1v) is 10.8. The van der Waals surface area contributed by atoms with E-state index in [1.165, 1.54) is 4.31 Å². The molecule has 2 aromatic rings. The van der Waals surface area contributed by atoms with Gasteiger partial charge in [-0.05, 0) is 48.6 Å². The van der Waals surface area contributed by atoms with E-state index < -0.39 is 10.0 Å². The zero-order chi connectivity index (χ0) is 20.0. The third-order valence-corrected chi connectivity index (χ3v) is 5.65. The van der Waals surface area contributed by atoms with Gasteiger partial charge in [0.1, 0.15) is 6.54 Å². The topological polar surface area (TPSA) is 70.6 Å². The lowest BCUT2D eigenvalue weighted by molar-refractivity contribution is -0.128. The molecule has 0 spiro atoms. The highest BCUT2D eigenvalue weighted by molar-refractivity contribution is 7.92. The molecule has 0 aliphatic carbocycles. The minimum Gasteiger partial charge on any atom is -0.344 e. The van der Waals surface area contributed by atoms with Crippen LogP contribution in [-0.4, -0.2) is 50.6 Å². The summed E-state index contributed by atoms with van der Waals surface area (Å²) in [6.45, 7) is 4.14. The van der Waals surface area contributed by atoms with Crippen molar-refractivity contribution in [2.24, 2.45) is 0 Å². The van der Waals surface area contributed by atoms with Crippen molar-refractivity contribution in [2.75, 3.05) is 30.7 Å². The molecule has 0 saturated heterocycles. The molecule has 0 fully saturated rings. The first-order valence-electron chi connectivity index (χ1n) is 8.93. The molecular weight excluding hydrogens is 362 g/mol. The van der Waals surface area contributed by atoms with Crippen LogP contribution in [0.5, 0.6) is 0 Å². The van der Waals surface area contributed by atoms with Crippen LogP contribution in [0.15, 0.2) is 42.7 Å². The molecule has 0 atom stereocenters. The molecule has 0 aliphatic rings. The molecule has 146 valence electrons. The molecule has 7 heteroatoms. The van der Waals surface area contributed by atoms with Crippen LogP contribution in [-0.2, 0) is 27.7 Å². The number of sulfonamides is 1. The Labute approximate surface area is 161 Å². The first kappa shape index (κ1) is 20.9. The summed E-state index contributed by atoms with van der Waals surface area (Å²) in [5.41, 5.74) is 3.44. The maximum absolute atomic E-state index is 12.7. The Morgan fingerprint density at radius 1 is 1.15 bits per heavy atom. The van der Waals surface area contributed by atoms with Crippen LogP contribution in [0, 0.1) is 6.92 Å². The van der Waals surface area contributed by atoms with Crippen LogP contribution in [0.3, 0.4) is 0 Å². The summed E-state index contributed by atoms with van der Waals surface area (Å²) in [6.07, 6.45) is 5.95. The molecule has 0 bridgehead atoms. The van der Waals surface area contributed by atoms with Gasteiger partial charge in [-0.25, -0.2) is 8.42 Å². The van der Waals surface area contributed by atoms with Crippen LogP contribution in [0.2, 0.25) is 0 Å². The highest BCUT2D eigenvalue weighted by atomic mass is 32.2. The van der Waals surface area contributed by atoms with E-state index in [2.05, 4.69) is 4.98 Å². The van der Waals surface area contributed by atoms with E-state index in [-0.39, 0.29) is 12.5 Å². The predicted molar refractivity (Wildman–Crippen MR) is 108 cm³/mol. The molecule has 0 saturated carbocycles. The number of carbonyl (C=O) groups is 1. The number of anilines is 1. The van der Waals surface area contributed by atoms with E-state index in [1.54, 1.807) is 24.3 Å². The maximum Gasteiger partial charge on any atom is 0.243 e. The van der Waals surface area contributed by atoms with Gasteiger partial charge in [0, 0.05) is 26.0 Å². The number of likely N-dealkylation sites (N-methyl/N-ethyl adjacent to an activating group) is 1. The van der Waals surface area contributed by atoms with Gasteiger partial charge in [-0.2, -0.15) is 0 Å². The number of para-hydroxylation sites is 1. The molecule has 1 amide bonds. The van der Waals surface area contributed by atoms with Gasteiger partial charge in [-0.15, -0.1) is 0 Å². The second-order valence-electron chi connectivity index (χ2n) is 6.63. The van der Waals surface area contributed by atoms with Gasteiger partial charge in [0.2, 0.25) is 15.9 Å². The first-order chi connectivity index (χ1) is 12.7. The molecule has 1 heterocycles. The molecule has 0 radical (unpaired) electrons. The van der Waals surface area contributed by atoms with E-state index in [0.717, 1.165) is 22.9 Å². The Bertz CT molecular complexity index is 883. The molecule has 0 N–H and O–H groups in total. The summed E-state index contributed by atoms with van der Waals surface area (Å²) in [7, 11) is -1.89. The number of pyridine rings is 1. The maximum atomic E-state index is 12.7. The summed E-state index contributed by atoms with van der Waals surface area (Å²) < 4.78 is 26.1. The summed E-state index contributed by atoms with van der Waals surface area (Å²) in [5.74, 6) is -0.236. The molecule has 1 aromatic heterocycles. The van der Waals surface area contributed by atoms with Crippen molar-refractivity contribution in [3.05, 3.63) is 59.4 Å². The lowest BCUT2D eigenvalue weighted by Crippen LogP contribution is -2.42. The SMILES string of the molecule is CCc1cccc(C)c1N(CC(=O)N(C)CCc1ccncc1)S(C)(=O)=O. The van der Waals surface area contributed by atoms with Crippen molar-refractivity contribution >= 4 is 21.6 Å². The van der Waals surface area contributed by atoms with E-state index in [9.17, 15) is 13.2 Å². The Balaban J connectivity index is 2.18. The number of hydrogen-bond acceptors (Lipinski definition) is 4. The molecule has 27 heavy (non-hydrogen) atoms. The smallest absolute Gasteiger partial charge is 0.243 e. The van der Waals surface area contributed by atoms with Crippen LogP contribution >= 0.6 is 0 Å². The van der Waals surface area contributed by atoms with E-state index in [1.807, 2.05) is 44.2 Å². The monoisotopic (exact) mass is 389 g/mol. The fourth-order valence-electron chi connectivity index (χ4n) is 2.94. The number of aryl methyl sites for hydroxylation is 2. The van der Waals surface area contributed by atoms with E-state index in [4.69, 9.17) is 0 Å². The number of amides is 1. The molecule has 0 aliphatic heterocycles. The Morgan fingerprint density at radius 3 is 2.41 bits per heavy atom. The second-order valence-corrected chi connectivity index (χ2v) is 8.53. The average molecular weight is 390 g/mol. The molecule has 2 rings (SSSR count). The van der Waals surface area contributed by atoms with Crippen molar-refractivity contribution in [3.8, 4) is 0 Å². The lowest BCUT2D eigenvalue weighted by atomic mass is 10.1. The number of hydrogen-bond donors (Lipinski definition) is 0. The summed E-state index contributed by atoms with van der Waals surface area (Å²) in [6, 6.07) is 9.48. The molecular formula is C20H27N3O3S. The summed E-state index contributed by atoms with van der Waals surface area (Å²) >= 11 is 0. The lowest BCUT2D eigenvalue weighted by Gasteiger charge is -2.28. The fraction of sp³-hybridized carbons (Fsp3) is 0.400. The minimum atomic E-state index is -3.59. The zero-order valence-corrected chi connectivity index (χ0v) is 17.2. The highest BCUT2D eigenvalue weighted by Gasteiger charge is 2.25. The van der Waals surface area contributed by atoms with Gasteiger partial charge in [0.05, 0.1) is 11.9 Å². The standard InChI is InChI=1S/C20H27N3O3S/c1-5-18-8-6-7-16(2)20(18)23(27(4,25)26)15-19(24)22(3)14-11-17-9-12-21-13-10-17/h6-10,12-13H,5,11,14-15H2,1-4H3. The third kappa shape index (κ3) is 5.53. The normalized spacial score (nSPS) is 11.3. The van der Waals surface area contributed by atoms with Crippen LogP contribution in [0.1, 0.15) is 23.6 Å². The van der Waals surface area contributed by atoms with Gasteiger partial charge in [-0.3, -0.25) is 14.1 Å². The quantitative estimate of drug-likeness (QED) is 0.695. The fourth-order valence-corrected chi connectivity index (χ4v) is 3.88. The van der Waals surface area contributed by atoms with E-state index >= 15 is 0 Å². The Hall–Kier alpha value is -2.41. The van der Waals surface area contributed by atoms with Gasteiger partial charge in [0.15, 0.2) is 0 Å². The number of aromatic nitrogens is 1.